The minimum absolute atomic E-state index is 0.00586. The zero-order valence-electron chi connectivity index (χ0n) is 16.4. The molecule has 3 aromatic rings. The largest absolute Gasteiger partial charge is 0.354 e. The molecule has 0 spiro atoms. The molecule has 30 heavy (non-hydrogen) atoms. The molecule has 0 saturated carbocycles. The van der Waals surface area contributed by atoms with Crippen molar-refractivity contribution >= 4 is 46.2 Å². The number of rotatable bonds is 4. The summed E-state index contributed by atoms with van der Waals surface area (Å²) in [6.07, 6.45) is 1.09. The van der Waals surface area contributed by atoms with Crippen molar-refractivity contribution in [3.8, 4) is 0 Å². The van der Waals surface area contributed by atoms with Gasteiger partial charge in [-0.2, -0.15) is 4.98 Å². The third-order valence-electron chi connectivity index (χ3n) is 5.28. The fourth-order valence-corrected chi connectivity index (χ4v) is 3.89. The van der Waals surface area contributed by atoms with Gasteiger partial charge < -0.3 is 15.2 Å². The van der Waals surface area contributed by atoms with Crippen LogP contribution in [0.3, 0.4) is 0 Å². The van der Waals surface area contributed by atoms with E-state index in [4.69, 9.17) is 23.2 Å². The summed E-state index contributed by atoms with van der Waals surface area (Å²) < 4.78 is 4.13. The Hall–Kier alpha value is -2.78. The number of hydrogen-bond donors (Lipinski definition) is 2. The first kappa shape index (κ1) is 20.5. The number of halogens is 2. The fourth-order valence-electron chi connectivity index (χ4n) is 3.57. The van der Waals surface area contributed by atoms with Crippen LogP contribution in [0.15, 0.2) is 27.8 Å². The van der Waals surface area contributed by atoms with Crippen LogP contribution in [0.2, 0.25) is 10.0 Å². The number of carbonyl (C=O) groups excluding carboxylic acids is 1. The van der Waals surface area contributed by atoms with Crippen LogP contribution >= 0.6 is 23.2 Å². The van der Waals surface area contributed by atoms with Gasteiger partial charge in [0.2, 0.25) is 11.9 Å². The first-order valence-corrected chi connectivity index (χ1v) is 10.1. The third-order valence-corrected chi connectivity index (χ3v) is 6.02. The molecule has 0 unspecified atom stereocenters. The van der Waals surface area contributed by atoms with E-state index < -0.39 is 11.2 Å². The van der Waals surface area contributed by atoms with Crippen LogP contribution in [0, 0.1) is 0 Å². The molecule has 1 aromatic carbocycles. The molecule has 1 atom stereocenters. The van der Waals surface area contributed by atoms with E-state index in [1.807, 2.05) is 0 Å². The second-order valence-corrected chi connectivity index (χ2v) is 8.15. The zero-order chi connectivity index (χ0) is 21.6. The van der Waals surface area contributed by atoms with Crippen molar-refractivity contribution in [2.24, 2.45) is 14.1 Å². The van der Waals surface area contributed by atoms with E-state index in [1.165, 1.54) is 4.57 Å². The first-order valence-electron chi connectivity index (χ1n) is 9.39. The summed E-state index contributed by atoms with van der Waals surface area (Å²) in [5.41, 5.74) is 0.355. The van der Waals surface area contributed by atoms with Crippen molar-refractivity contribution in [2.45, 2.75) is 25.4 Å². The molecular weight excluding hydrogens is 431 g/mol. The van der Waals surface area contributed by atoms with Gasteiger partial charge in [0.05, 0.1) is 16.6 Å². The number of imidazole rings is 1. The molecule has 1 fully saturated rings. The van der Waals surface area contributed by atoms with Gasteiger partial charge in [-0.15, -0.1) is 0 Å². The number of anilines is 1. The smallest absolute Gasteiger partial charge is 0.332 e. The summed E-state index contributed by atoms with van der Waals surface area (Å²) in [5.74, 6) is 0.483. The first-order chi connectivity index (χ1) is 14.3. The zero-order valence-corrected chi connectivity index (χ0v) is 17.9. The van der Waals surface area contributed by atoms with E-state index in [1.54, 1.807) is 36.9 Å². The fraction of sp³-hybridized carbons (Fsp3) is 0.368. The molecule has 0 radical (unpaired) electrons. The topological polar surface area (TPSA) is 103 Å². The summed E-state index contributed by atoms with van der Waals surface area (Å²) in [5, 5.41) is 6.81. The van der Waals surface area contributed by atoms with Crippen LogP contribution in [0.4, 0.5) is 5.95 Å². The molecule has 1 aliphatic heterocycles. The van der Waals surface area contributed by atoms with E-state index in [-0.39, 0.29) is 18.5 Å². The normalized spacial score (nSPS) is 16.7. The van der Waals surface area contributed by atoms with Crippen molar-refractivity contribution < 1.29 is 4.79 Å². The number of carbonyl (C=O) groups is 1. The Morgan fingerprint density at radius 3 is 2.60 bits per heavy atom. The van der Waals surface area contributed by atoms with Gasteiger partial charge in [-0.05, 0) is 24.1 Å². The van der Waals surface area contributed by atoms with Crippen LogP contribution < -0.4 is 21.9 Å². The van der Waals surface area contributed by atoms with E-state index in [0.29, 0.717) is 52.1 Å². The maximum atomic E-state index is 13.2. The monoisotopic (exact) mass is 450 g/mol. The second kappa shape index (κ2) is 7.81. The number of amides is 1. The van der Waals surface area contributed by atoms with Gasteiger partial charge in [0.25, 0.3) is 5.56 Å². The Balaban J connectivity index is 1.75. The summed E-state index contributed by atoms with van der Waals surface area (Å²) >= 11 is 12.0. The number of hydrogen-bond acceptors (Lipinski definition) is 5. The minimum atomic E-state index is -0.479. The Labute approximate surface area is 181 Å². The van der Waals surface area contributed by atoms with Crippen LogP contribution in [-0.2, 0) is 25.4 Å². The highest BCUT2D eigenvalue weighted by Gasteiger charge is 2.23. The highest BCUT2D eigenvalue weighted by molar-refractivity contribution is 6.42. The number of aryl methyl sites for hydroxylation is 2. The van der Waals surface area contributed by atoms with Crippen LogP contribution in [0.5, 0.6) is 0 Å². The summed E-state index contributed by atoms with van der Waals surface area (Å²) in [6.45, 7) is 0.531. The number of nitrogens with zero attached hydrogens (tertiary/aromatic N) is 4. The number of aromatic nitrogens is 4. The van der Waals surface area contributed by atoms with Gasteiger partial charge >= 0.3 is 5.69 Å². The van der Waals surface area contributed by atoms with E-state index >= 15 is 0 Å². The van der Waals surface area contributed by atoms with Crippen molar-refractivity contribution in [3.63, 3.8) is 0 Å². The number of piperidine rings is 1. The average molecular weight is 451 g/mol. The maximum Gasteiger partial charge on any atom is 0.332 e. The van der Waals surface area contributed by atoms with E-state index in [2.05, 4.69) is 15.6 Å². The molecule has 2 N–H and O–H groups in total. The Kier molecular flexibility index (Phi) is 5.33. The highest BCUT2D eigenvalue weighted by atomic mass is 35.5. The summed E-state index contributed by atoms with van der Waals surface area (Å²) in [6, 6.07) is 4.97. The predicted molar refractivity (Wildman–Crippen MR) is 115 cm³/mol. The molecule has 1 saturated heterocycles. The van der Waals surface area contributed by atoms with Crippen molar-refractivity contribution in [3.05, 3.63) is 54.6 Å². The highest BCUT2D eigenvalue weighted by Crippen LogP contribution is 2.23. The summed E-state index contributed by atoms with van der Waals surface area (Å²) in [4.78, 5) is 41.9. The second-order valence-electron chi connectivity index (χ2n) is 7.33. The molecule has 0 aliphatic carbocycles. The summed E-state index contributed by atoms with van der Waals surface area (Å²) in [7, 11) is 3.29. The Bertz CT molecular complexity index is 1270. The van der Waals surface area contributed by atoms with Gasteiger partial charge in [0.15, 0.2) is 11.2 Å². The van der Waals surface area contributed by atoms with Crippen molar-refractivity contribution in [2.75, 3.05) is 11.9 Å². The number of fused-ring (bicyclic) bond motifs is 1. The lowest BCUT2D eigenvalue weighted by atomic mass is 10.1. The lowest BCUT2D eigenvalue weighted by Crippen LogP contribution is -2.42. The number of benzene rings is 1. The molecule has 1 aliphatic rings. The predicted octanol–water partition coefficient (Wildman–Crippen LogP) is 1.48. The Morgan fingerprint density at radius 2 is 1.93 bits per heavy atom. The molecule has 11 heteroatoms. The maximum absolute atomic E-state index is 13.2. The van der Waals surface area contributed by atoms with Gasteiger partial charge in [-0.1, -0.05) is 29.3 Å². The molecule has 4 rings (SSSR count). The van der Waals surface area contributed by atoms with Crippen molar-refractivity contribution in [1.82, 2.24) is 24.0 Å². The quantitative estimate of drug-likeness (QED) is 0.626. The van der Waals surface area contributed by atoms with Crippen molar-refractivity contribution in [1.29, 1.82) is 0 Å². The van der Waals surface area contributed by atoms with Gasteiger partial charge in [-0.3, -0.25) is 18.7 Å². The Morgan fingerprint density at radius 1 is 1.17 bits per heavy atom. The molecule has 158 valence electrons. The lowest BCUT2D eigenvalue weighted by molar-refractivity contribution is -0.122. The third kappa shape index (κ3) is 3.59. The molecule has 3 heterocycles. The molecule has 9 nitrogen and oxygen atoms in total. The average Bonchev–Trinajstić information content (AvgIpc) is 3.04. The van der Waals surface area contributed by atoms with Crippen LogP contribution in [-0.4, -0.2) is 37.2 Å². The van der Waals surface area contributed by atoms with Gasteiger partial charge in [0.1, 0.15) is 0 Å². The molecular formula is C19H20Cl2N6O3. The molecule has 2 aromatic heterocycles. The molecule has 1 amide bonds. The standard InChI is InChI=1S/C19H20Cl2N6O3/c1-25-15-16(24-18(25)23-11-4-6-14(28)22-8-11)26(2)19(30)27(17(15)29)9-10-3-5-12(20)13(21)7-10/h3,5,7,11H,4,6,8-9H2,1-2H3,(H,22,28)(H,23,24)/t11-/m1/s1. The van der Waals surface area contributed by atoms with Crippen LogP contribution in [0.25, 0.3) is 11.2 Å². The van der Waals surface area contributed by atoms with Crippen LogP contribution in [0.1, 0.15) is 18.4 Å². The SMILES string of the molecule is Cn1c(N[C@@H]2CCC(=O)NC2)nc2c1c(=O)n(Cc1ccc(Cl)c(Cl)c1)c(=O)n2C. The molecule has 0 bridgehead atoms. The minimum Gasteiger partial charge on any atom is -0.354 e. The lowest BCUT2D eigenvalue weighted by Gasteiger charge is -2.23. The van der Waals surface area contributed by atoms with E-state index in [9.17, 15) is 14.4 Å². The van der Waals surface area contributed by atoms with E-state index in [0.717, 1.165) is 4.57 Å². The number of nitrogens with one attached hydrogen (secondary N) is 2. The van der Waals surface area contributed by atoms with Gasteiger partial charge in [-0.25, -0.2) is 4.79 Å². The van der Waals surface area contributed by atoms with Gasteiger partial charge in [0, 0.05) is 33.1 Å².